The van der Waals surface area contributed by atoms with Crippen molar-refractivity contribution in [2.75, 3.05) is 14.1 Å². The van der Waals surface area contributed by atoms with E-state index in [1.807, 2.05) is 0 Å². The number of aromatic hydroxyl groups is 1. The standard InChI is InChI=1S/C17H15ClF3N3O3/c1-8(17(19,20)21)24-7-10-4-9(5-11(18)14(10)16(24)26)13-6-12(22-27-13)15(25)23(2)3/h4-8,26H,1-3H3/t8-/m0/s1. The number of halogens is 4. The van der Waals surface area contributed by atoms with E-state index in [1.165, 1.54) is 29.3 Å². The van der Waals surface area contributed by atoms with Crippen LogP contribution in [0.25, 0.3) is 22.1 Å². The number of nitrogens with zero attached hydrogens (tertiary/aromatic N) is 3. The van der Waals surface area contributed by atoms with Crippen molar-refractivity contribution in [2.45, 2.75) is 19.1 Å². The molecule has 0 bridgehead atoms. The second-order valence-corrected chi connectivity index (χ2v) is 6.68. The number of hydrogen-bond donors (Lipinski definition) is 1. The minimum atomic E-state index is -4.53. The number of fused-ring (bicyclic) bond motifs is 1. The van der Waals surface area contributed by atoms with Crippen LogP contribution in [-0.4, -0.2) is 45.9 Å². The van der Waals surface area contributed by atoms with Crippen molar-refractivity contribution < 1.29 is 27.6 Å². The maximum absolute atomic E-state index is 13.0. The van der Waals surface area contributed by atoms with Crippen molar-refractivity contribution in [2.24, 2.45) is 0 Å². The number of rotatable bonds is 3. The van der Waals surface area contributed by atoms with Gasteiger partial charge in [-0.1, -0.05) is 16.8 Å². The average Bonchev–Trinajstić information content (AvgIpc) is 3.17. The average molecular weight is 402 g/mol. The summed E-state index contributed by atoms with van der Waals surface area (Å²) < 4.78 is 44.9. The van der Waals surface area contributed by atoms with E-state index in [1.54, 1.807) is 14.1 Å². The van der Waals surface area contributed by atoms with E-state index in [0.29, 0.717) is 15.5 Å². The number of carbonyl (C=O) groups excluding carboxylic acids is 1. The van der Waals surface area contributed by atoms with Gasteiger partial charge in [-0.2, -0.15) is 13.2 Å². The van der Waals surface area contributed by atoms with Crippen LogP contribution < -0.4 is 0 Å². The fraction of sp³-hybridized carbons (Fsp3) is 0.294. The number of aromatic nitrogens is 2. The molecule has 0 spiro atoms. The second-order valence-electron chi connectivity index (χ2n) is 6.28. The van der Waals surface area contributed by atoms with Gasteiger partial charge in [0.2, 0.25) is 5.88 Å². The molecule has 0 radical (unpaired) electrons. The first-order valence-electron chi connectivity index (χ1n) is 7.79. The first-order chi connectivity index (χ1) is 12.5. The lowest BCUT2D eigenvalue weighted by Gasteiger charge is -2.18. The first kappa shape index (κ1) is 19.1. The summed E-state index contributed by atoms with van der Waals surface area (Å²) in [6.45, 7) is 0.934. The summed E-state index contributed by atoms with van der Waals surface area (Å²) in [7, 11) is 3.12. The molecule has 1 N–H and O–H groups in total. The molecule has 3 rings (SSSR count). The smallest absolute Gasteiger partial charge is 0.408 e. The number of amides is 1. The Balaban J connectivity index is 2.09. The topological polar surface area (TPSA) is 71.5 Å². The lowest BCUT2D eigenvalue weighted by molar-refractivity contribution is -0.163. The van der Waals surface area contributed by atoms with Gasteiger partial charge in [-0.05, 0) is 19.1 Å². The molecular weight excluding hydrogens is 387 g/mol. The minimum absolute atomic E-state index is 0.0463. The van der Waals surface area contributed by atoms with E-state index in [2.05, 4.69) is 5.16 Å². The molecule has 3 aromatic rings. The lowest BCUT2D eigenvalue weighted by atomic mass is 10.1. The summed E-state index contributed by atoms with van der Waals surface area (Å²) in [4.78, 5) is 13.2. The summed E-state index contributed by atoms with van der Waals surface area (Å²) in [5.74, 6) is -0.715. The van der Waals surface area contributed by atoms with Crippen molar-refractivity contribution in [3.05, 3.63) is 35.1 Å². The van der Waals surface area contributed by atoms with Crippen LogP contribution in [0.15, 0.2) is 28.9 Å². The maximum Gasteiger partial charge on any atom is 0.408 e. The normalized spacial score (nSPS) is 13.1. The third kappa shape index (κ3) is 3.34. The predicted molar refractivity (Wildman–Crippen MR) is 92.9 cm³/mol. The van der Waals surface area contributed by atoms with E-state index in [4.69, 9.17) is 16.1 Å². The van der Waals surface area contributed by atoms with Gasteiger partial charge in [0.05, 0.1) is 10.4 Å². The molecule has 1 amide bonds. The number of carbonyl (C=O) groups is 1. The van der Waals surface area contributed by atoms with Gasteiger partial charge in [-0.25, -0.2) is 0 Å². The third-order valence-electron chi connectivity index (χ3n) is 4.18. The van der Waals surface area contributed by atoms with Gasteiger partial charge in [0, 0.05) is 37.3 Å². The SMILES string of the molecule is C[C@H](n1cc2cc(-c3cc(C(=O)N(C)C)no3)cc(Cl)c2c1O)C(F)(F)F. The molecule has 0 aliphatic heterocycles. The Kier molecular flexibility index (Phi) is 4.59. The molecular formula is C17H15ClF3N3O3. The zero-order valence-corrected chi connectivity index (χ0v) is 15.3. The summed E-state index contributed by atoms with van der Waals surface area (Å²) in [5.41, 5.74) is 0.493. The van der Waals surface area contributed by atoms with E-state index in [9.17, 15) is 23.1 Å². The van der Waals surface area contributed by atoms with Gasteiger partial charge in [0.1, 0.15) is 6.04 Å². The molecule has 0 aliphatic carbocycles. The molecule has 2 heterocycles. The van der Waals surface area contributed by atoms with Gasteiger partial charge in [-0.3, -0.25) is 4.79 Å². The quantitative estimate of drug-likeness (QED) is 0.702. The van der Waals surface area contributed by atoms with Crippen LogP contribution in [0.3, 0.4) is 0 Å². The summed E-state index contributed by atoms with van der Waals surface area (Å²) in [6, 6.07) is 2.41. The molecule has 0 fully saturated rings. The Bertz CT molecular complexity index is 1020. The summed E-state index contributed by atoms with van der Waals surface area (Å²) in [6.07, 6.45) is -3.37. The van der Waals surface area contributed by atoms with E-state index >= 15 is 0 Å². The Morgan fingerprint density at radius 3 is 2.59 bits per heavy atom. The summed E-state index contributed by atoms with van der Waals surface area (Å²) >= 11 is 6.18. The van der Waals surface area contributed by atoms with Crippen LogP contribution in [0, 0.1) is 0 Å². The zero-order chi connectivity index (χ0) is 20.1. The molecule has 2 aromatic heterocycles. The van der Waals surface area contributed by atoms with Crippen LogP contribution >= 0.6 is 11.6 Å². The van der Waals surface area contributed by atoms with Crippen LogP contribution in [0.1, 0.15) is 23.5 Å². The van der Waals surface area contributed by atoms with Gasteiger partial charge in [-0.15, -0.1) is 0 Å². The van der Waals surface area contributed by atoms with Crippen molar-refractivity contribution in [3.63, 3.8) is 0 Å². The van der Waals surface area contributed by atoms with Crippen molar-refractivity contribution in [1.82, 2.24) is 14.6 Å². The van der Waals surface area contributed by atoms with Crippen molar-refractivity contribution in [3.8, 4) is 17.2 Å². The van der Waals surface area contributed by atoms with Gasteiger partial charge in [0.15, 0.2) is 11.5 Å². The molecule has 0 saturated carbocycles. The Morgan fingerprint density at radius 1 is 1.33 bits per heavy atom. The van der Waals surface area contributed by atoms with Crippen molar-refractivity contribution in [1.29, 1.82) is 0 Å². The second kappa shape index (κ2) is 6.49. The molecule has 0 aliphatic rings. The first-order valence-corrected chi connectivity index (χ1v) is 8.17. The van der Waals surface area contributed by atoms with Crippen LogP contribution in [0.4, 0.5) is 13.2 Å². The van der Waals surface area contributed by atoms with Crippen molar-refractivity contribution >= 4 is 28.3 Å². The van der Waals surface area contributed by atoms with E-state index in [0.717, 1.165) is 6.92 Å². The van der Waals surface area contributed by atoms with Crippen LogP contribution in [0.5, 0.6) is 5.88 Å². The van der Waals surface area contributed by atoms with Gasteiger partial charge >= 0.3 is 6.18 Å². The molecule has 0 unspecified atom stereocenters. The highest BCUT2D eigenvalue weighted by atomic mass is 35.5. The molecule has 0 saturated heterocycles. The number of benzene rings is 1. The zero-order valence-electron chi connectivity index (χ0n) is 14.5. The monoisotopic (exact) mass is 401 g/mol. The van der Waals surface area contributed by atoms with E-state index < -0.39 is 18.1 Å². The third-order valence-corrected chi connectivity index (χ3v) is 4.48. The highest BCUT2D eigenvalue weighted by Gasteiger charge is 2.38. The van der Waals surface area contributed by atoms with E-state index in [-0.39, 0.29) is 27.8 Å². The molecule has 1 aromatic carbocycles. The van der Waals surface area contributed by atoms with Crippen LogP contribution in [-0.2, 0) is 0 Å². The molecule has 1 atom stereocenters. The predicted octanol–water partition coefficient (Wildman–Crippen LogP) is 4.48. The largest absolute Gasteiger partial charge is 0.494 e. The molecule has 27 heavy (non-hydrogen) atoms. The Morgan fingerprint density at radius 2 is 2.00 bits per heavy atom. The fourth-order valence-electron chi connectivity index (χ4n) is 2.64. The fourth-order valence-corrected chi connectivity index (χ4v) is 2.95. The Labute approximate surface area is 156 Å². The van der Waals surface area contributed by atoms with Crippen LogP contribution in [0.2, 0.25) is 5.02 Å². The minimum Gasteiger partial charge on any atom is -0.494 e. The molecule has 144 valence electrons. The Hall–Kier alpha value is -2.68. The maximum atomic E-state index is 13.0. The number of hydrogen-bond acceptors (Lipinski definition) is 4. The highest BCUT2D eigenvalue weighted by Crippen LogP contribution is 2.41. The number of alkyl halides is 3. The van der Waals surface area contributed by atoms with Gasteiger partial charge in [0.25, 0.3) is 5.91 Å². The molecule has 6 nitrogen and oxygen atoms in total. The highest BCUT2D eigenvalue weighted by molar-refractivity contribution is 6.36. The lowest BCUT2D eigenvalue weighted by Crippen LogP contribution is -2.22. The van der Waals surface area contributed by atoms with Gasteiger partial charge < -0.3 is 19.1 Å². The summed E-state index contributed by atoms with van der Waals surface area (Å²) in [5, 5.41) is 14.3. The molecule has 10 heteroatoms.